The summed E-state index contributed by atoms with van der Waals surface area (Å²) < 4.78 is 10.2. The van der Waals surface area contributed by atoms with Crippen LogP contribution in [0.15, 0.2) is 36.4 Å². The van der Waals surface area contributed by atoms with E-state index in [-0.39, 0.29) is 5.91 Å². The van der Waals surface area contributed by atoms with Crippen molar-refractivity contribution in [3.05, 3.63) is 47.0 Å². The molecule has 0 unspecified atom stereocenters. The molecule has 0 atom stereocenters. The average Bonchev–Trinajstić information content (AvgIpc) is 2.48. The topological polar surface area (TPSA) is 73.6 Å². The molecule has 0 aliphatic rings. The fraction of sp³-hybridized carbons (Fsp3) is 0.133. The number of rotatable bonds is 4. The normalized spacial score (nSPS) is 10.0. The summed E-state index contributed by atoms with van der Waals surface area (Å²) in [6.07, 6.45) is 0. The Hall–Kier alpha value is -2.40. The lowest BCUT2D eigenvalue weighted by Gasteiger charge is -2.12. The first-order valence-electron chi connectivity index (χ1n) is 6.13. The summed E-state index contributed by atoms with van der Waals surface area (Å²) in [4.78, 5) is 12.3. The fourth-order valence-electron chi connectivity index (χ4n) is 1.82. The number of halogens is 1. The van der Waals surface area contributed by atoms with Crippen LogP contribution in [0.4, 0.5) is 11.4 Å². The highest BCUT2D eigenvalue weighted by Gasteiger charge is 2.14. The van der Waals surface area contributed by atoms with Gasteiger partial charge in [-0.1, -0.05) is 11.6 Å². The van der Waals surface area contributed by atoms with Crippen LogP contribution in [0.1, 0.15) is 10.4 Å². The van der Waals surface area contributed by atoms with Gasteiger partial charge in [-0.25, -0.2) is 0 Å². The van der Waals surface area contributed by atoms with Gasteiger partial charge >= 0.3 is 0 Å². The molecule has 21 heavy (non-hydrogen) atoms. The summed E-state index contributed by atoms with van der Waals surface area (Å²) in [5, 5.41) is 3.22. The molecule has 0 spiro atoms. The maximum Gasteiger partial charge on any atom is 0.259 e. The van der Waals surface area contributed by atoms with Gasteiger partial charge in [0.05, 0.1) is 31.2 Å². The lowest BCUT2D eigenvalue weighted by atomic mass is 10.1. The third-order valence-corrected chi connectivity index (χ3v) is 3.15. The zero-order valence-electron chi connectivity index (χ0n) is 11.6. The number of carbonyl (C=O) groups is 1. The summed E-state index contributed by atoms with van der Waals surface area (Å²) in [6.45, 7) is 0. The molecule has 0 radical (unpaired) electrons. The second-order valence-electron chi connectivity index (χ2n) is 4.25. The molecule has 0 heterocycles. The first-order chi connectivity index (χ1) is 10.0. The van der Waals surface area contributed by atoms with E-state index < -0.39 is 0 Å². The first-order valence-corrected chi connectivity index (χ1v) is 6.51. The van der Waals surface area contributed by atoms with E-state index in [0.29, 0.717) is 33.5 Å². The van der Waals surface area contributed by atoms with E-state index in [2.05, 4.69) is 5.32 Å². The molecule has 2 aromatic rings. The highest BCUT2D eigenvalue weighted by atomic mass is 35.5. The van der Waals surface area contributed by atoms with Gasteiger partial charge in [-0.15, -0.1) is 0 Å². The monoisotopic (exact) mass is 306 g/mol. The van der Waals surface area contributed by atoms with Crippen LogP contribution in [0.25, 0.3) is 0 Å². The number of carbonyl (C=O) groups excluding carboxylic acids is 1. The number of amides is 1. The maximum atomic E-state index is 12.3. The van der Waals surface area contributed by atoms with E-state index in [0.717, 1.165) is 0 Å². The average molecular weight is 307 g/mol. The Balaban J connectivity index is 2.26. The predicted octanol–water partition coefficient (Wildman–Crippen LogP) is 3.19. The number of benzene rings is 2. The molecule has 110 valence electrons. The van der Waals surface area contributed by atoms with Gasteiger partial charge in [0.25, 0.3) is 5.91 Å². The van der Waals surface area contributed by atoms with Crippen LogP contribution in [0, 0.1) is 0 Å². The third kappa shape index (κ3) is 3.38. The van der Waals surface area contributed by atoms with Gasteiger partial charge in [0.15, 0.2) is 0 Å². The Morgan fingerprint density at radius 2 is 1.90 bits per heavy atom. The Morgan fingerprint density at radius 1 is 1.14 bits per heavy atom. The molecule has 0 bridgehead atoms. The molecule has 0 aliphatic heterocycles. The highest BCUT2D eigenvalue weighted by molar-refractivity contribution is 6.31. The van der Waals surface area contributed by atoms with Gasteiger partial charge in [-0.2, -0.15) is 0 Å². The van der Waals surface area contributed by atoms with E-state index in [1.165, 1.54) is 7.11 Å². The summed E-state index contributed by atoms with van der Waals surface area (Å²) in [7, 11) is 3.02. The molecule has 3 N–H and O–H groups in total. The lowest BCUT2D eigenvalue weighted by Crippen LogP contribution is -2.14. The van der Waals surface area contributed by atoms with Crippen LogP contribution >= 0.6 is 11.6 Å². The number of hydrogen-bond acceptors (Lipinski definition) is 4. The molecule has 0 saturated carbocycles. The quantitative estimate of drug-likeness (QED) is 0.851. The van der Waals surface area contributed by atoms with E-state index in [4.69, 9.17) is 26.8 Å². The molecule has 2 aromatic carbocycles. The standard InChI is InChI=1S/C15H15ClN2O3/c1-20-10-4-6-13(12(17)8-10)18-15(19)11-5-3-9(16)7-14(11)21-2/h3-8H,17H2,1-2H3,(H,18,19). The first kappa shape index (κ1) is 15.0. The zero-order chi connectivity index (χ0) is 15.4. The molecule has 6 heteroatoms. The van der Waals surface area contributed by atoms with Crippen LogP contribution in [-0.2, 0) is 0 Å². The van der Waals surface area contributed by atoms with Crippen molar-refractivity contribution in [1.82, 2.24) is 0 Å². The van der Waals surface area contributed by atoms with Gasteiger partial charge in [0.2, 0.25) is 0 Å². The Labute approximate surface area is 127 Å². The van der Waals surface area contributed by atoms with Gasteiger partial charge in [0.1, 0.15) is 11.5 Å². The summed E-state index contributed by atoms with van der Waals surface area (Å²) in [5.74, 6) is 0.682. The molecule has 2 rings (SSSR count). The van der Waals surface area contributed by atoms with Crippen LogP contribution in [-0.4, -0.2) is 20.1 Å². The summed E-state index contributed by atoms with van der Waals surface area (Å²) >= 11 is 5.87. The highest BCUT2D eigenvalue weighted by Crippen LogP contribution is 2.27. The molecule has 0 saturated heterocycles. The third-order valence-electron chi connectivity index (χ3n) is 2.92. The predicted molar refractivity (Wildman–Crippen MR) is 83.4 cm³/mol. The van der Waals surface area contributed by atoms with E-state index in [9.17, 15) is 4.79 Å². The SMILES string of the molecule is COc1ccc(NC(=O)c2ccc(Cl)cc2OC)c(N)c1. The van der Waals surface area contributed by atoms with Gasteiger partial charge < -0.3 is 20.5 Å². The molecule has 5 nitrogen and oxygen atoms in total. The molecule has 0 aromatic heterocycles. The van der Waals surface area contributed by atoms with Crippen molar-refractivity contribution in [2.45, 2.75) is 0 Å². The summed E-state index contributed by atoms with van der Waals surface area (Å²) in [5.41, 5.74) is 7.15. The molecule has 0 fully saturated rings. The smallest absolute Gasteiger partial charge is 0.259 e. The molecular weight excluding hydrogens is 292 g/mol. The minimum atomic E-state index is -0.333. The second kappa shape index (κ2) is 6.37. The number of hydrogen-bond donors (Lipinski definition) is 2. The minimum absolute atomic E-state index is 0.333. The van der Waals surface area contributed by atoms with Gasteiger partial charge in [0, 0.05) is 11.1 Å². The van der Waals surface area contributed by atoms with E-state index in [1.54, 1.807) is 43.5 Å². The van der Waals surface area contributed by atoms with Gasteiger partial charge in [-0.3, -0.25) is 4.79 Å². The van der Waals surface area contributed by atoms with Crippen molar-refractivity contribution in [2.75, 3.05) is 25.3 Å². The molecule has 0 aliphatic carbocycles. The van der Waals surface area contributed by atoms with E-state index in [1.807, 2.05) is 0 Å². The largest absolute Gasteiger partial charge is 0.497 e. The minimum Gasteiger partial charge on any atom is -0.497 e. The number of nitrogens with two attached hydrogens (primary N) is 1. The van der Waals surface area contributed by atoms with Crippen LogP contribution < -0.4 is 20.5 Å². The van der Waals surface area contributed by atoms with Crippen LogP contribution in [0.5, 0.6) is 11.5 Å². The van der Waals surface area contributed by atoms with E-state index >= 15 is 0 Å². The number of anilines is 2. The van der Waals surface area contributed by atoms with Crippen molar-refractivity contribution < 1.29 is 14.3 Å². The van der Waals surface area contributed by atoms with Crippen molar-refractivity contribution >= 4 is 28.9 Å². The van der Waals surface area contributed by atoms with Crippen LogP contribution in [0.2, 0.25) is 5.02 Å². The Bertz CT molecular complexity index is 674. The molecule has 1 amide bonds. The number of nitrogens with one attached hydrogen (secondary N) is 1. The summed E-state index contributed by atoms with van der Waals surface area (Å²) in [6, 6.07) is 9.81. The maximum absolute atomic E-state index is 12.3. The Morgan fingerprint density at radius 3 is 2.52 bits per heavy atom. The van der Waals surface area contributed by atoms with Gasteiger partial charge in [-0.05, 0) is 30.3 Å². The van der Waals surface area contributed by atoms with Crippen molar-refractivity contribution in [3.63, 3.8) is 0 Å². The number of nitrogen functional groups attached to an aromatic ring is 1. The molecular formula is C15H15ClN2O3. The number of methoxy groups -OCH3 is 2. The van der Waals surface area contributed by atoms with Crippen molar-refractivity contribution in [1.29, 1.82) is 0 Å². The van der Waals surface area contributed by atoms with Crippen LogP contribution in [0.3, 0.4) is 0 Å². The zero-order valence-corrected chi connectivity index (χ0v) is 12.4. The Kier molecular flexibility index (Phi) is 4.55. The number of ether oxygens (including phenoxy) is 2. The van der Waals surface area contributed by atoms with Crippen molar-refractivity contribution in [3.8, 4) is 11.5 Å². The fourth-order valence-corrected chi connectivity index (χ4v) is 1.99. The second-order valence-corrected chi connectivity index (χ2v) is 4.69. The lowest BCUT2D eigenvalue weighted by molar-refractivity contribution is 0.102. The van der Waals surface area contributed by atoms with Crippen molar-refractivity contribution in [2.24, 2.45) is 0 Å².